The van der Waals surface area contributed by atoms with Gasteiger partial charge in [0, 0.05) is 24.2 Å². The van der Waals surface area contributed by atoms with Crippen molar-refractivity contribution in [1.82, 2.24) is 15.0 Å². The fourth-order valence-electron chi connectivity index (χ4n) is 4.13. The van der Waals surface area contributed by atoms with E-state index >= 15 is 0 Å². The smallest absolute Gasteiger partial charge is 0.412 e. The molecule has 0 saturated carbocycles. The van der Waals surface area contributed by atoms with E-state index in [1.165, 1.54) is 24.6 Å². The number of ether oxygens (including phenoxy) is 5. The van der Waals surface area contributed by atoms with Gasteiger partial charge in [0.25, 0.3) is 5.88 Å². The first-order chi connectivity index (χ1) is 21.9. The summed E-state index contributed by atoms with van der Waals surface area (Å²) >= 11 is 1.48. The van der Waals surface area contributed by atoms with Gasteiger partial charge in [-0.15, -0.1) is 11.3 Å². The Balaban J connectivity index is 1.42. The lowest BCUT2D eigenvalue weighted by Gasteiger charge is -2.28. The first kappa shape index (κ1) is 31.7. The Morgan fingerprint density at radius 1 is 1.02 bits per heavy atom. The number of benzene rings is 1. The molecule has 0 radical (unpaired) electrons. The third-order valence-electron chi connectivity index (χ3n) is 6.30. The second-order valence-electron chi connectivity index (χ2n) is 9.43. The van der Waals surface area contributed by atoms with E-state index in [1.807, 2.05) is 22.4 Å². The fraction of sp³-hybridized carbons (Fsp3) is 0.310. The highest BCUT2D eigenvalue weighted by Crippen LogP contribution is 2.41. The lowest BCUT2D eigenvalue weighted by Crippen LogP contribution is -2.37. The molecule has 1 aliphatic rings. The summed E-state index contributed by atoms with van der Waals surface area (Å²) < 4.78 is 57.5. The topological polar surface area (TPSA) is 163 Å². The summed E-state index contributed by atoms with van der Waals surface area (Å²) in [6.07, 6.45) is 1.13. The quantitative estimate of drug-likeness (QED) is 0.186. The van der Waals surface area contributed by atoms with Crippen LogP contribution in [-0.4, -0.2) is 81.8 Å². The maximum Gasteiger partial charge on any atom is 0.412 e. The van der Waals surface area contributed by atoms with E-state index < -0.39 is 16.1 Å². The molecule has 1 fully saturated rings. The van der Waals surface area contributed by atoms with Crippen molar-refractivity contribution in [2.45, 2.75) is 6.42 Å². The number of amides is 1. The van der Waals surface area contributed by atoms with Crippen LogP contribution in [-0.2, 0) is 25.9 Å². The number of hydrogen-bond acceptors (Lipinski definition) is 13. The number of aryl methyl sites for hydroxylation is 1. The monoisotopic (exact) mass is 656 g/mol. The number of thiophene rings is 1. The van der Waals surface area contributed by atoms with Crippen molar-refractivity contribution < 1.29 is 36.9 Å². The van der Waals surface area contributed by atoms with Crippen LogP contribution in [0.4, 0.5) is 22.4 Å². The van der Waals surface area contributed by atoms with Crippen molar-refractivity contribution in [2.24, 2.45) is 0 Å². The van der Waals surface area contributed by atoms with Gasteiger partial charge in [0.1, 0.15) is 19.0 Å². The second kappa shape index (κ2) is 15.4. The van der Waals surface area contributed by atoms with Gasteiger partial charge in [-0.2, -0.15) is 9.97 Å². The molecule has 1 aromatic carbocycles. The molecule has 1 amide bonds. The fourth-order valence-corrected chi connectivity index (χ4v) is 6.00. The highest BCUT2D eigenvalue weighted by atomic mass is 32.2. The first-order valence-electron chi connectivity index (χ1n) is 14.0. The molecule has 1 aliphatic heterocycles. The Morgan fingerprint density at radius 2 is 1.82 bits per heavy atom. The molecular formula is C29H32N6O8S2. The average Bonchev–Trinajstić information content (AvgIpc) is 3.58. The molecule has 238 valence electrons. The van der Waals surface area contributed by atoms with Crippen LogP contribution in [0.2, 0.25) is 0 Å². The van der Waals surface area contributed by atoms with Crippen LogP contribution in [0.5, 0.6) is 23.1 Å². The van der Waals surface area contributed by atoms with Crippen LogP contribution in [0, 0.1) is 0 Å². The lowest BCUT2D eigenvalue weighted by molar-refractivity contribution is 0.121. The molecule has 4 heterocycles. The number of hydrogen-bond donors (Lipinski definition) is 2. The average molecular weight is 657 g/mol. The van der Waals surface area contributed by atoms with Gasteiger partial charge in [-0.25, -0.2) is 18.2 Å². The summed E-state index contributed by atoms with van der Waals surface area (Å²) in [6.45, 7) is 1.55. The van der Waals surface area contributed by atoms with E-state index in [9.17, 15) is 13.2 Å². The van der Waals surface area contributed by atoms with Crippen LogP contribution in [0.3, 0.4) is 0 Å². The number of nitrogens with one attached hydrogen (secondary N) is 2. The number of methoxy groups -OCH3 is 1. The summed E-state index contributed by atoms with van der Waals surface area (Å²) in [6, 6.07) is 15.7. The zero-order chi connectivity index (χ0) is 31.5. The van der Waals surface area contributed by atoms with Gasteiger partial charge in [0.05, 0.1) is 26.1 Å². The summed E-state index contributed by atoms with van der Waals surface area (Å²) in [4.78, 5) is 28.2. The first-order valence-corrected chi connectivity index (χ1v) is 16.5. The van der Waals surface area contributed by atoms with E-state index in [-0.39, 0.29) is 48.1 Å². The van der Waals surface area contributed by atoms with Crippen LogP contribution in [0.15, 0.2) is 66.2 Å². The molecule has 5 rings (SSSR count). The minimum Gasteiger partial charge on any atom is -0.493 e. The molecule has 4 aromatic rings. The molecule has 0 bridgehead atoms. The normalized spacial score (nSPS) is 13.1. The molecule has 2 N–H and O–H groups in total. The predicted octanol–water partition coefficient (Wildman–Crippen LogP) is 4.18. The molecule has 0 aliphatic carbocycles. The van der Waals surface area contributed by atoms with Crippen molar-refractivity contribution in [3.63, 3.8) is 0 Å². The summed E-state index contributed by atoms with van der Waals surface area (Å²) in [5.41, 5.74) is 0. The van der Waals surface area contributed by atoms with Gasteiger partial charge in [0.15, 0.2) is 17.3 Å². The number of rotatable bonds is 14. The lowest BCUT2D eigenvalue weighted by atomic mass is 10.3. The highest BCUT2D eigenvalue weighted by molar-refractivity contribution is 7.92. The summed E-state index contributed by atoms with van der Waals surface area (Å²) in [7, 11) is -2.41. The SMILES string of the molecule is COc1ccccc1Oc1c(NS(=O)(=O)CCc2cccs2)nc(N2CCOCC2)nc1OCCOC(=O)Nc1ccccn1. The highest BCUT2D eigenvalue weighted by Gasteiger charge is 2.26. The molecule has 14 nitrogen and oxygen atoms in total. The van der Waals surface area contributed by atoms with E-state index in [1.54, 1.807) is 42.5 Å². The Bertz CT molecular complexity index is 1650. The van der Waals surface area contributed by atoms with Crippen molar-refractivity contribution in [2.75, 3.05) is 67.3 Å². The summed E-state index contributed by atoms with van der Waals surface area (Å²) in [5.74, 6) is 0.750. The Morgan fingerprint density at radius 3 is 2.56 bits per heavy atom. The number of carbonyl (C=O) groups is 1. The number of carbonyl (C=O) groups excluding carboxylic acids is 1. The predicted molar refractivity (Wildman–Crippen MR) is 168 cm³/mol. The van der Waals surface area contributed by atoms with Gasteiger partial charge in [-0.05, 0) is 42.1 Å². The number of aromatic nitrogens is 3. The van der Waals surface area contributed by atoms with Gasteiger partial charge < -0.3 is 28.6 Å². The zero-order valence-corrected chi connectivity index (χ0v) is 26.0. The molecule has 1 saturated heterocycles. The van der Waals surface area contributed by atoms with Gasteiger partial charge in [-0.3, -0.25) is 10.0 Å². The van der Waals surface area contributed by atoms with Crippen LogP contribution < -0.4 is 29.1 Å². The number of pyridine rings is 1. The minimum atomic E-state index is -3.90. The molecule has 0 unspecified atom stereocenters. The van der Waals surface area contributed by atoms with Crippen molar-refractivity contribution in [3.05, 3.63) is 71.1 Å². The zero-order valence-electron chi connectivity index (χ0n) is 24.4. The van der Waals surface area contributed by atoms with Gasteiger partial charge >= 0.3 is 6.09 Å². The van der Waals surface area contributed by atoms with Crippen LogP contribution >= 0.6 is 11.3 Å². The summed E-state index contributed by atoms with van der Waals surface area (Å²) in [5, 5.41) is 4.41. The number of nitrogens with zero attached hydrogens (tertiary/aromatic N) is 4. The van der Waals surface area contributed by atoms with E-state index in [0.29, 0.717) is 44.3 Å². The van der Waals surface area contributed by atoms with Crippen molar-refractivity contribution in [1.29, 1.82) is 0 Å². The maximum absolute atomic E-state index is 13.3. The molecule has 0 spiro atoms. The maximum atomic E-state index is 13.3. The Kier molecular flexibility index (Phi) is 10.8. The number of para-hydroxylation sites is 2. The van der Waals surface area contributed by atoms with Gasteiger partial charge in [-0.1, -0.05) is 24.3 Å². The number of anilines is 3. The van der Waals surface area contributed by atoms with Crippen LogP contribution in [0.25, 0.3) is 0 Å². The second-order valence-corrected chi connectivity index (χ2v) is 12.3. The number of morpholine rings is 1. The van der Waals surface area contributed by atoms with E-state index in [2.05, 4.69) is 25.0 Å². The molecule has 0 atom stereocenters. The van der Waals surface area contributed by atoms with E-state index in [0.717, 1.165) is 4.88 Å². The molecular weight excluding hydrogens is 624 g/mol. The third kappa shape index (κ3) is 9.17. The molecule has 16 heteroatoms. The van der Waals surface area contributed by atoms with E-state index in [4.69, 9.17) is 23.7 Å². The van der Waals surface area contributed by atoms with Crippen molar-refractivity contribution in [3.8, 4) is 23.1 Å². The Labute approximate surface area is 264 Å². The standard InChI is InChI=1S/C29H32N6O8S2/c1-39-22-8-2-3-9-23(22)43-25-26(34-45(37,38)20-11-21-7-6-19-44-21)32-28(35-13-15-40-16-14-35)33-27(25)41-17-18-42-29(36)31-24-10-4-5-12-30-24/h2-10,12,19H,11,13-18,20H2,1H3,(H,30,31,36)(H,32,33,34). The molecule has 3 aromatic heterocycles. The van der Waals surface area contributed by atoms with Crippen LogP contribution in [0.1, 0.15) is 4.88 Å². The third-order valence-corrected chi connectivity index (χ3v) is 8.48. The minimum absolute atomic E-state index is 0.0675. The Hall–Kier alpha value is -4.67. The van der Waals surface area contributed by atoms with Crippen molar-refractivity contribution >= 4 is 45.0 Å². The molecule has 45 heavy (non-hydrogen) atoms. The largest absolute Gasteiger partial charge is 0.493 e. The number of sulfonamides is 1. The van der Waals surface area contributed by atoms with Gasteiger partial charge in [0.2, 0.25) is 21.7 Å².